The van der Waals surface area contributed by atoms with Gasteiger partial charge in [0.1, 0.15) is 0 Å². The molecule has 1 heterocycles. The van der Waals surface area contributed by atoms with Crippen LogP contribution in [0.4, 0.5) is 17.1 Å². The Labute approximate surface area is 290 Å². The van der Waals surface area contributed by atoms with E-state index in [0.29, 0.717) is 0 Å². The summed E-state index contributed by atoms with van der Waals surface area (Å²) in [4.78, 5) is 2.48. The molecule has 0 aliphatic heterocycles. The van der Waals surface area contributed by atoms with E-state index in [4.69, 9.17) is 0 Å². The fourth-order valence-electron chi connectivity index (χ4n) is 8.14. The number of anilines is 3. The molecular weight excluding hydrogens is 611 g/mol. The molecule has 232 valence electrons. The van der Waals surface area contributed by atoms with Gasteiger partial charge in [-0.1, -0.05) is 135 Å². The van der Waals surface area contributed by atoms with Crippen LogP contribution in [-0.4, -0.2) is 0 Å². The highest BCUT2D eigenvalue weighted by Crippen LogP contribution is 2.52. The number of benzene rings is 8. The van der Waals surface area contributed by atoms with Crippen LogP contribution < -0.4 is 4.90 Å². The highest BCUT2D eigenvalue weighted by molar-refractivity contribution is 7.26. The van der Waals surface area contributed by atoms with Gasteiger partial charge in [-0.3, -0.25) is 0 Å². The Morgan fingerprint density at radius 1 is 0.449 bits per heavy atom. The van der Waals surface area contributed by atoms with Gasteiger partial charge in [-0.2, -0.15) is 0 Å². The fourth-order valence-corrected chi connectivity index (χ4v) is 9.36. The van der Waals surface area contributed by atoms with Gasteiger partial charge in [0.05, 0.1) is 5.69 Å². The number of fused-ring (bicyclic) bond motifs is 9. The van der Waals surface area contributed by atoms with E-state index >= 15 is 0 Å². The summed E-state index contributed by atoms with van der Waals surface area (Å²) < 4.78 is 2.67. The molecule has 1 nitrogen and oxygen atoms in total. The zero-order valence-electron chi connectivity index (χ0n) is 27.4. The highest BCUT2D eigenvalue weighted by Gasteiger charge is 2.36. The number of rotatable bonds is 4. The molecule has 0 saturated carbocycles. The lowest BCUT2D eigenvalue weighted by Crippen LogP contribution is -2.16. The van der Waals surface area contributed by atoms with Gasteiger partial charge in [0.25, 0.3) is 0 Å². The fraction of sp³-hybridized carbons (Fsp3) is 0.0638. The SMILES string of the molecule is CC1(C)c2ccccc2-c2ccc(N(c3ccc(-c4ccc5ccccc5c4)cc3)c3cc4c5ccccc5sc4c4ccccc34)cc21. The second-order valence-corrected chi connectivity index (χ2v) is 14.8. The average Bonchev–Trinajstić information content (AvgIpc) is 3.64. The van der Waals surface area contributed by atoms with Crippen LogP contribution in [-0.2, 0) is 5.41 Å². The molecule has 0 spiro atoms. The van der Waals surface area contributed by atoms with Crippen molar-refractivity contribution < 1.29 is 0 Å². The summed E-state index contributed by atoms with van der Waals surface area (Å²) >= 11 is 1.89. The van der Waals surface area contributed by atoms with Gasteiger partial charge in [-0.05, 0) is 86.6 Å². The first kappa shape index (κ1) is 28.3. The monoisotopic (exact) mass is 643 g/mol. The quantitative estimate of drug-likeness (QED) is 0.184. The minimum absolute atomic E-state index is 0.0941. The van der Waals surface area contributed by atoms with Crippen molar-refractivity contribution in [2.24, 2.45) is 0 Å². The van der Waals surface area contributed by atoms with Crippen LogP contribution in [0.2, 0.25) is 0 Å². The zero-order chi connectivity index (χ0) is 32.7. The van der Waals surface area contributed by atoms with Gasteiger partial charge in [0.15, 0.2) is 0 Å². The van der Waals surface area contributed by atoms with E-state index in [1.807, 2.05) is 11.3 Å². The number of nitrogens with zero attached hydrogens (tertiary/aromatic N) is 1. The molecule has 0 bridgehead atoms. The molecule has 0 unspecified atom stereocenters. The minimum atomic E-state index is -0.0941. The molecule has 0 saturated heterocycles. The van der Waals surface area contributed by atoms with Crippen LogP contribution in [0.15, 0.2) is 164 Å². The van der Waals surface area contributed by atoms with Gasteiger partial charge in [-0.25, -0.2) is 0 Å². The van der Waals surface area contributed by atoms with E-state index in [0.717, 1.165) is 5.69 Å². The first-order valence-corrected chi connectivity index (χ1v) is 17.8. The Hall–Kier alpha value is -5.70. The molecule has 2 heteroatoms. The summed E-state index contributed by atoms with van der Waals surface area (Å²) in [7, 11) is 0. The van der Waals surface area contributed by atoms with Crippen LogP contribution in [0.25, 0.3) is 64.0 Å². The third kappa shape index (κ3) is 4.31. The predicted octanol–water partition coefficient (Wildman–Crippen LogP) is 13.8. The maximum atomic E-state index is 2.48. The number of thiophene rings is 1. The molecule has 49 heavy (non-hydrogen) atoms. The van der Waals surface area contributed by atoms with E-state index in [1.165, 1.54) is 86.5 Å². The molecule has 1 aromatic heterocycles. The highest BCUT2D eigenvalue weighted by atomic mass is 32.1. The average molecular weight is 644 g/mol. The van der Waals surface area contributed by atoms with E-state index in [1.54, 1.807) is 0 Å². The van der Waals surface area contributed by atoms with Crippen LogP contribution in [0.1, 0.15) is 25.0 Å². The molecule has 0 amide bonds. The summed E-state index contributed by atoms with van der Waals surface area (Å²) in [5.41, 5.74) is 11.3. The van der Waals surface area contributed by atoms with Crippen LogP contribution in [0.5, 0.6) is 0 Å². The Morgan fingerprint density at radius 3 is 1.96 bits per heavy atom. The summed E-state index contributed by atoms with van der Waals surface area (Å²) in [5.74, 6) is 0. The lowest BCUT2D eigenvalue weighted by Gasteiger charge is -2.29. The maximum Gasteiger partial charge on any atom is 0.0547 e. The summed E-state index contributed by atoms with van der Waals surface area (Å²) in [6.07, 6.45) is 0. The van der Waals surface area contributed by atoms with Crippen molar-refractivity contribution in [3.05, 3.63) is 175 Å². The predicted molar refractivity (Wildman–Crippen MR) is 212 cm³/mol. The first-order valence-electron chi connectivity index (χ1n) is 17.0. The van der Waals surface area contributed by atoms with Crippen LogP contribution >= 0.6 is 11.3 Å². The van der Waals surface area contributed by atoms with E-state index < -0.39 is 0 Å². The lowest BCUT2D eigenvalue weighted by atomic mass is 9.82. The second kappa shape index (κ2) is 10.7. The summed E-state index contributed by atoms with van der Waals surface area (Å²) in [5, 5.41) is 7.69. The van der Waals surface area contributed by atoms with Gasteiger partial charge < -0.3 is 4.90 Å². The number of hydrogen-bond acceptors (Lipinski definition) is 2. The summed E-state index contributed by atoms with van der Waals surface area (Å²) in [6, 6.07) is 60.7. The van der Waals surface area contributed by atoms with E-state index in [9.17, 15) is 0 Å². The molecule has 0 radical (unpaired) electrons. The van der Waals surface area contributed by atoms with Crippen LogP contribution in [0, 0.1) is 0 Å². The van der Waals surface area contributed by atoms with Crippen molar-refractivity contribution in [3.63, 3.8) is 0 Å². The number of hydrogen-bond donors (Lipinski definition) is 0. The van der Waals surface area contributed by atoms with Crippen molar-refractivity contribution in [3.8, 4) is 22.3 Å². The molecule has 1 aliphatic rings. The zero-order valence-corrected chi connectivity index (χ0v) is 28.3. The first-order chi connectivity index (χ1) is 24.0. The minimum Gasteiger partial charge on any atom is -0.310 e. The standard InChI is InChI=1S/C47H33NS/c1-47(2)42-17-9-7-13-36(42)37-26-25-35(28-43(37)47)48(34-23-21-31(22-24-34)33-20-19-30-11-3-4-12-32(30)27-33)44-29-41-39-15-8-10-18-45(39)49-46(41)40-16-6-5-14-38(40)44/h3-29H,1-2H3. The molecule has 8 aromatic carbocycles. The van der Waals surface area contributed by atoms with Gasteiger partial charge in [0, 0.05) is 47.7 Å². The van der Waals surface area contributed by atoms with Gasteiger partial charge in [-0.15, -0.1) is 11.3 Å². The van der Waals surface area contributed by atoms with Gasteiger partial charge in [0.2, 0.25) is 0 Å². The van der Waals surface area contributed by atoms with E-state index in [2.05, 4.69) is 183 Å². The Kier molecular flexibility index (Phi) is 6.16. The molecular formula is C47H33NS. The van der Waals surface area contributed by atoms with Gasteiger partial charge >= 0.3 is 0 Å². The normalized spacial score (nSPS) is 13.3. The second-order valence-electron chi connectivity index (χ2n) is 13.8. The lowest BCUT2D eigenvalue weighted by molar-refractivity contribution is 0.660. The van der Waals surface area contributed by atoms with Crippen molar-refractivity contribution in [2.75, 3.05) is 4.90 Å². The van der Waals surface area contributed by atoms with Crippen molar-refractivity contribution in [1.29, 1.82) is 0 Å². The third-order valence-electron chi connectivity index (χ3n) is 10.6. The Balaban J connectivity index is 1.21. The third-order valence-corrected chi connectivity index (χ3v) is 11.9. The van der Waals surface area contributed by atoms with Crippen molar-refractivity contribution in [2.45, 2.75) is 19.3 Å². The Morgan fingerprint density at radius 2 is 1.10 bits per heavy atom. The summed E-state index contributed by atoms with van der Waals surface area (Å²) in [6.45, 7) is 4.73. The molecule has 0 fully saturated rings. The smallest absolute Gasteiger partial charge is 0.0547 e. The van der Waals surface area contributed by atoms with Crippen molar-refractivity contribution in [1.82, 2.24) is 0 Å². The molecule has 9 aromatic rings. The van der Waals surface area contributed by atoms with E-state index in [-0.39, 0.29) is 5.41 Å². The molecule has 10 rings (SSSR count). The van der Waals surface area contributed by atoms with Crippen molar-refractivity contribution >= 4 is 70.1 Å². The maximum absolute atomic E-state index is 2.48. The van der Waals surface area contributed by atoms with Crippen LogP contribution in [0.3, 0.4) is 0 Å². The largest absolute Gasteiger partial charge is 0.310 e. The molecule has 0 atom stereocenters. The topological polar surface area (TPSA) is 3.24 Å². The molecule has 0 N–H and O–H groups in total. The molecule has 1 aliphatic carbocycles. The Bertz CT molecular complexity index is 2750.